The van der Waals surface area contributed by atoms with Gasteiger partial charge in [0.25, 0.3) is 0 Å². The second-order valence-electron chi connectivity index (χ2n) is 4.33. The first kappa shape index (κ1) is 13.0. The molecule has 0 atom stereocenters. The summed E-state index contributed by atoms with van der Waals surface area (Å²) in [7, 11) is -4.27. The summed E-state index contributed by atoms with van der Waals surface area (Å²) in [4.78, 5) is 18.9. The predicted octanol–water partition coefficient (Wildman–Crippen LogP) is 2.77. The molecule has 0 saturated carbocycles. The van der Waals surface area contributed by atoms with Crippen molar-refractivity contribution < 1.29 is 14.4 Å². The van der Waals surface area contributed by atoms with Crippen molar-refractivity contribution in [2.24, 2.45) is 0 Å². The van der Waals surface area contributed by atoms with Gasteiger partial charge in [0.1, 0.15) is 0 Å². The van der Waals surface area contributed by atoms with Crippen molar-refractivity contribution in [3.05, 3.63) is 53.6 Å². The average molecular weight is 262 g/mol. The number of hydrogen-bond acceptors (Lipinski definition) is 1. The molecule has 0 heterocycles. The van der Waals surface area contributed by atoms with Crippen LogP contribution >= 0.6 is 7.60 Å². The molecule has 2 N–H and O–H groups in total. The van der Waals surface area contributed by atoms with Crippen LogP contribution in [-0.2, 0) is 4.57 Å². The lowest BCUT2D eigenvalue weighted by Gasteiger charge is -2.15. The molecule has 0 aliphatic rings. The van der Waals surface area contributed by atoms with Crippen LogP contribution in [0, 0.1) is 13.8 Å². The van der Waals surface area contributed by atoms with E-state index in [9.17, 15) is 14.4 Å². The molecule has 3 nitrogen and oxygen atoms in total. The smallest absolute Gasteiger partial charge is 0.321 e. The summed E-state index contributed by atoms with van der Waals surface area (Å²) < 4.78 is 11.6. The van der Waals surface area contributed by atoms with Crippen molar-refractivity contribution >= 4 is 12.9 Å². The van der Waals surface area contributed by atoms with Crippen molar-refractivity contribution in [2.45, 2.75) is 13.8 Å². The summed E-state index contributed by atoms with van der Waals surface area (Å²) in [5, 5.41) is 0.0943. The fourth-order valence-corrected chi connectivity index (χ4v) is 2.97. The summed E-state index contributed by atoms with van der Waals surface area (Å²) in [5.41, 5.74) is 3.38. The molecule has 94 valence electrons. The van der Waals surface area contributed by atoms with Gasteiger partial charge >= 0.3 is 7.60 Å². The monoisotopic (exact) mass is 262 g/mol. The summed E-state index contributed by atoms with van der Waals surface area (Å²) in [5.74, 6) is 0. The lowest BCUT2D eigenvalue weighted by atomic mass is 9.97. The average Bonchev–Trinajstić information content (AvgIpc) is 2.29. The van der Waals surface area contributed by atoms with Crippen molar-refractivity contribution in [2.75, 3.05) is 0 Å². The van der Waals surface area contributed by atoms with Gasteiger partial charge in [-0.3, -0.25) is 4.57 Å². The van der Waals surface area contributed by atoms with Crippen LogP contribution in [0.5, 0.6) is 0 Å². The SMILES string of the molecule is Cc1ccccc1-c1c(C)cccc1P(=O)(O)O. The van der Waals surface area contributed by atoms with Crippen LogP contribution in [0.2, 0.25) is 0 Å². The zero-order valence-corrected chi connectivity index (χ0v) is 11.2. The summed E-state index contributed by atoms with van der Waals surface area (Å²) in [6, 6.07) is 12.6. The van der Waals surface area contributed by atoms with Gasteiger partial charge in [-0.05, 0) is 36.6 Å². The van der Waals surface area contributed by atoms with Crippen LogP contribution in [0.4, 0.5) is 0 Å². The second-order valence-corrected chi connectivity index (χ2v) is 5.90. The van der Waals surface area contributed by atoms with E-state index in [1.54, 1.807) is 6.07 Å². The fourth-order valence-electron chi connectivity index (χ4n) is 2.10. The quantitative estimate of drug-likeness (QED) is 0.818. The molecule has 0 amide bonds. The van der Waals surface area contributed by atoms with Crippen molar-refractivity contribution in [1.82, 2.24) is 0 Å². The number of benzene rings is 2. The van der Waals surface area contributed by atoms with E-state index in [0.29, 0.717) is 5.56 Å². The normalized spacial score (nSPS) is 11.6. The molecule has 0 spiro atoms. The van der Waals surface area contributed by atoms with E-state index < -0.39 is 7.60 Å². The molecule has 2 aromatic carbocycles. The zero-order chi connectivity index (χ0) is 13.3. The van der Waals surface area contributed by atoms with E-state index in [1.807, 2.05) is 44.2 Å². The van der Waals surface area contributed by atoms with E-state index in [4.69, 9.17) is 0 Å². The summed E-state index contributed by atoms with van der Waals surface area (Å²) in [6.07, 6.45) is 0. The minimum Gasteiger partial charge on any atom is -0.321 e. The minimum atomic E-state index is -4.27. The third kappa shape index (κ3) is 2.39. The maximum atomic E-state index is 11.6. The van der Waals surface area contributed by atoms with Gasteiger partial charge in [-0.2, -0.15) is 0 Å². The Morgan fingerprint density at radius 3 is 2.11 bits per heavy atom. The summed E-state index contributed by atoms with van der Waals surface area (Å²) >= 11 is 0. The summed E-state index contributed by atoms with van der Waals surface area (Å²) in [6.45, 7) is 3.80. The molecule has 0 aliphatic heterocycles. The largest absolute Gasteiger partial charge is 0.356 e. The van der Waals surface area contributed by atoms with Gasteiger partial charge in [0.2, 0.25) is 0 Å². The topological polar surface area (TPSA) is 57.5 Å². The van der Waals surface area contributed by atoms with Crippen LogP contribution in [0.1, 0.15) is 11.1 Å². The molecule has 0 saturated heterocycles. The predicted molar refractivity (Wildman–Crippen MR) is 73.0 cm³/mol. The molecule has 0 radical (unpaired) electrons. The molecule has 2 aromatic rings. The Labute approximate surface area is 106 Å². The fraction of sp³-hybridized carbons (Fsp3) is 0.143. The van der Waals surface area contributed by atoms with Crippen LogP contribution in [-0.4, -0.2) is 9.79 Å². The first-order chi connectivity index (χ1) is 8.41. The maximum Gasteiger partial charge on any atom is 0.356 e. The minimum absolute atomic E-state index is 0.0943. The molecular formula is C14H15O3P. The van der Waals surface area contributed by atoms with E-state index >= 15 is 0 Å². The number of hydrogen-bond donors (Lipinski definition) is 2. The second kappa shape index (κ2) is 4.69. The van der Waals surface area contributed by atoms with Crippen LogP contribution in [0.25, 0.3) is 11.1 Å². The number of rotatable bonds is 2. The highest BCUT2D eigenvalue weighted by atomic mass is 31.2. The molecule has 18 heavy (non-hydrogen) atoms. The zero-order valence-electron chi connectivity index (χ0n) is 10.3. The first-order valence-electron chi connectivity index (χ1n) is 5.63. The Bertz CT molecular complexity index is 629. The lowest BCUT2D eigenvalue weighted by Crippen LogP contribution is -2.09. The van der Waals surface area contributed by atoms with Gasteiger partial charge < -0.3 is 9.79 Å². The molecule has 2 rings (SSSR count). The Hall–Kier alpha value is -1.41. The first-order valence-corrected chi connectivity index (χ1v) is 7.24. The molecule has 0 fully saturated rings. The highest BCUT2D eigenvalue weighted by Crippen LogP contribution is 2.39. The van der Waals surface area contributed by atoms with Crippen LogP contribution in [0.15, 0.2) is 42.5 Å². The van der Waals surface area contributed by atoms with Gasteiger partial charge in [0.05, 0.1) is 5.30 Å². The Balaban J connectivity index is 2.79. The molecule has 0 unspecified atom stereocenters. The lowest BCUT2D eigenvalue weighted by molar-refractivity contribution is 0.387. The van der Waals surface area contributed by atoms with Crippen molar-refractivity contribution in [3.8, 4) is 11.1 Å². The van der Waals surface area contributed by atoms with Crippen LogP contribution in [0.3, 0.4) is 0 Å². The molecule has 0 aliphatic carbocycles. The molecule has 0 bridgehead atoms. The van der Waals surface area contributed by atoms with Crippen molar-refractivity contribution in [3.63, 3.8) is 0 Å². The highest BCUT2D eigenvalue weighted by Gasteiger charge is 2.23. The Kier molecular flexibility index (Phi) is 3.40. The number of aryl methyl sites for hydroxylation is 2. The van der Waals surface area contributed by atoms with Gasteiger partial charge in [0.15, 0.2) is 0 Å². The third-order valence-corrected chi connectivity index (χ3v) is 3.98. The van der Waals surface area contributed by atoms with Gasteiger partial charge in [-0.25, -0.2) is 0 Å². The van der Waals surface area contributed by atoms with Gasteiger partial charge in [-0.15, -0.1) is 0 Å². The highest BCUT2D eigenvalue weighted by molar-refractivity contribution is 7.60. The molecule has 0 aromatic heterocycles. The van der Waals surface area contributed by atoms with Crippen LogP contribution < -0.4 is 5.30 Å². The standard InChI is InChI=1S/C14H15O3P/c1-10-6-3-4-8-12(10)14-11(2)7-5-9-13(14)18(15,16)17/h3-9H,1-2H3,(H2,15,16,17). The Morgan fingerprint density at radius 1 is 0.889 bits per heavy atom. The van der Waals surface area contributed by atoms with Crippen molar-refractivity contribution in [1.29, 1.82) is 0 Å². The van der Waals surface area contributed by atoms with E-state index in [1.165, 1.54) is 6.07 Å². The Morgan fingerprint density at radius 2 is 1.50 bits per heavy atom. The molecule has 4 heteroatoms. The maximum absolute atomic E-state index is 11.6. The third-order valence-electron chi connectivity index (χ3n) is 2.98. The van der Waals surface area contributed by atoms with E-state index in [2.05, 4.69) is 0 Å². The van der Waals surface area contributed by atoms with E-state index in [0.717, 1.165) is 16.7 Å². The van der Waals surface area contributed by atoms with Gasteiger partial charge in [0, 0.05) is 5.56 Å². The van der Waals surface area contributed by atoms with E-state index in [-0.39, 0.29) is 5.30 Å². The van der Waals surface area contributed by atoms with Gasteiger partial charge in [-0.1, -0.05) is 36.4 Å². The molecular weight excluding hydrogens is 247 g/mol.